The fraction of sp³-hybridized carbons (Fsp3) is 0.346. The van der Waals surface area contributed by atoms with E-state index in [2.05, 4.69) is 24.9 Å². The van der Waals surface area contributed by atoms with Crippen LogP contribution >= 0.6 is 0 Å². The Morgan fingerprint density at radius 1 is 1.05 bits per heavy atom. The summed E-state index contributed by atoms with van der Waals surface area (Å²) >= 11 is 0. The van der Waals surface area contributed by atoms with E-state index in [0.29, 0.717) is 41.1 Å². The number of benzene rings is 1. The van der Waals surface area contributed by atoms with Gasteiger partial charge in [0.1, 0.15) is 24.3 Å². The lowest BCUT2D eigenvalue weighted by Crippen LogP contribution is -2.05. The fourth-order valence-electron chi connectivity index (χ4n) is 4.21. The third kappa shape index (κ3) is 5.11. The highest BCUT2D eigenvalue weighted by atomic mass is 19.4. The second-order valence-corrected chi connectivity index (χ2v) is 8.82. The molecule has 8 nitrogen and oxygen atoms in total. The van der Waals surface area contributed by atoms with Gasteiger partial charge in [0.15, 0.2) is 11.5 Å². The first-order valence-electron chi connectivity index (χ1n) is 11.9. The van der Waals surface area contributed by atoms with E-state index >= 15 is 0 Å². The van der Waals surface area contributed by atoms with Crippen LogP contribution in [0.5, 0.6) is 11.8 Å². The highest BCUT2D eigenvalue weighted by Gasteiger charge is 2.34. The van der Waals surface area contributed by atoms with Crippen molar-refractivity contribution in [2.45, 2.75) is 44.9 Å². The van der Waals surface area contributed by atoms with E-state index in [0.717, 1.165) is 35.9 Å². The quantitative estimate of drug-likeness (QED) is 0.314. The number of hydrogen-bond donors (Lipinski definition) is 0. The Labute approximate surface area is 211 Å². The van der Waals surface area contributed by atoms with E-state index in [1.165, 1.54) is 10.9 Å². The topological polar surface area (TPSA) is 87.8 Å². The molecule has 3 aromatic heterocycles. The van der Waals surface area contributed by atoms with Crippen molar-refractivity contribution in [1.82, 2.24) is 29.5 Å². The molecule has 0 atom stereocenters. The van der Waals surface area contributed by atoms with Gasteiger partial charge in [0.05, 0.1) is 12.8 Å². The zero-order valence-electron chi connectivity index (χ0n) is 20.6. The Kier molecular flexibility index (Phi) is 6.53. The molecule has 1 aliphatic rings. The number of halogens is 3. The van der Waals surface area contributed by atoms with Crippen molar-refractivity contribution < 1.29 is 22.6 Å². The Balaban J connectivity index is 1.38. The molecule has 0 radical (unpaired) electrons. The molecule has 192 valence electrons. The lowest BCUT2D eigenvalue weighted by Gasteiger charge is -2.13. The molecule has 37 heavy (non-hydrogen) atoms. The molecular formula is C26H25F3N6O2. The first-order valence-corrected chi connectivity index (χ1v) is 11.9. The largest absolute Gasteiger partial charge is 0.480 e. The van der Waals surface area contributed by atoms with Crippen molar-refractivity contribution in [3.05, 3.63) is 65.5 Å². The van der Waals surface area contributed by atoms with Crippen molar-refractivity contribution in [2.24, 2.45) is 7.05 Å². The van der Waals surface area contributed by atoms with Gasteiger partial charge in [0.2, 0.25) is 11.8 Å². The Bertz CT molecular complexity index is 1430. The van der Waals surface area contributed by atoms with Gasteiger partial charge in [-0.05, 0) is 36.5 Å². The molecular weight excluding hydrogens is 485 g/mol. The van der Waals surface area contributed by atoms with Gasteiger partial charge in [0.25, 0.3) is 0 Å². The average Bonchev–Trinajstić information content (AvgIpc) is 3.67. The standard InChI is InChI=1S/C26H25F3N6O2/c1-4-15-11-17(24-33-19(12-35(24)2)26(27,28)29)7-8-18(15)13-37-20-9-10-30-23(34-20)21-22(16-5-6-16)31-14-32-25(21)36-3/h7-12,14,16H,4-6,13H2,1-3H3. The molecule has 1 aliphatic carbocycles. The van der Waals surface area contributed by atoms with Gasteiger partial charge in [-0.2, -0.15) is 18.2 Å². The van der Waals surface area contributed by atoms with Crippen LogP contribution in [0.25, 0.3) is 22.8 Å². The van der Waals surface area contributed by atoms with Crippen LogP contribution in [-0.2, 0) is 26.3 Å². The van der Waals surface area contributed by atoms with Crippen molar-refractivity contribution >= 4 is 0 Å². The van der Waals surface area contributed by atoms with E-state index in [9.17, 15) is 13.2 Å². The molecule has 0 unspecified atom stereocenters. The molecule has 4 aromatic rings. The third-order valence-electron chi connectivity index (χ3n) is 6.24. The van der Waals surface area contributed by atoms with Crippen LogP contribution in [0.15, 0.2) is 43.0 Å². The first kappa shape index (κ1) is 24.7. The number of ether oxygens (including phenoxy) is 2. The number of alkyl halides is 3. The lowest BCUT2D eigenvalue weighted by atomic mass is 10.0. The van der Waals surface area contributed by atoms with Gasteiger partial charge in [-0.25, -0.2) is 19.9 Å². The number of methoxy groups -OCH3 is 1. The zero-order valence-corrected chi connectivity index (χ0v) is 20.6. The minimum atomic E-state index is -4.50. The van der Waals surface area contributed by atoms with Crippen LogP contribution in [0.1, 0.15) is 48.2 Å². The molecule has 5 rings (SSSR count). The summed E-state index contributed by atoms with van der Waals surface area (Å²) in [6.07, 6.45) is 2.37. The number of aromatic nitrogens is 6. The molecule has 0 bridgehead atoms. The van der Waals surface area contributed by atoms with Gasteiger partial charge in [0, 0.05) is 37.0 Å². The van der Waals surface area contributed by atoms with Crippen LogP contribution in [0, 0.1) is 0 Å². The van der Waals surface area contributed by atoms with Crippen LogP contribution in [0.3, 0.4) is 0 Å². The van der Waals surface area contributed by atoms with Crippen molar-refractivity contribution in [1.29, 1.82) is 0 Å². The number of aryl methyl sites for hydroxylation is 2. The molecule has 3 heterocycles. The van der Waals surface area contributed by atoms with Gasteiger partial charge in [-0.3, -0.25) is 0 Å². The van der Waals surface area contributed by atoms with E-state index < -0.39 is 11.9 Å². The van der Waals surface area contributed by atoms with E-state index in [1.54, 1.807) is 32.5 Å². The van der Waals surface area contributed by atoms with E-state index in [1.807, 2.05) is 19.1 Å². The van der Waals surface area contributed by atoms with Crippen LogP contribution in [0.2, 0.25) is 0 Å². The summed E-state index contributed by atoms with van der Waals surface area (Å²) in [5.74, 6) is 1.82. The summed E-state index contributed by atoms with van der Waals surface area (Å²) in [7, 11) is 3.10. The Hall–Kier alpha value is -4.02. The van der Waals surface area contributed by atoms with Crippen LogP contribution < -0.4 is 9.47 Å². The predicted molar refractivity (Wildman–Crippen MR) is 129 cm³/mol. The Morgan fingerprint density at radius 2 is 1.86 bits per heavy atom. The highest BCUT2D eigenvalue weighted by Crippen LogP contribution is 2.44. The fourth-order valence-corrected chi connectivity index (χ4v) is 4.21. The molecule has 0 N–H and O–H groups in total. The molecule has 0 saturated heterocycles. The molecule has 1 aromatic carbocycles. The van der Waals surface area contributed by atoms with Crippen molar-refractivity contribution in [2.75, 3.05) is 7.11 Å². The number of imidazole rings is 1. The normalized spacial score (nSPS) is 13.6. The van der Waals surface area contributed by atoms with Gasteiger partial charge < -0.3 is 14.0 Å². The summed E-state index contributed by atoms with van der Waals surface area (Å²) < 4.78 is 52.1. The minimum Gasteiger partial charge on any atom is -0.480 e. The summed E-state index contributed by atoms with van der Waals surface area (Å²) in [5, 5.41) is 0. The van der Waals surface area contributed by atoms with E-state index in [4.69, 9.17) is 9.47 Å². The third-order valence-corrected chi connectivity index (χ3v) is 6.24. The number of nitrogens with zero attached hydrogens (tertiary/aromatic N) is 6. The molecule has 1 saturated carbocycles. The second-order valence-electron chi connectivity index (χ2n) is 8.82. The smallest absolute Gasteiger partial charge is 0.434 e. The van der Waals surface area contributed by atoms with Crippen LogP contribution in [-0.4, -0.2) is 36.6 Å². The summed E-state index contributed by atoms with van der Waals surface area (Å²) in [4.78, 5) is 21.5. The maximum atomic E-state index is 13.1. The monoisotopic (exact) mass is 510 g/mol. The number of hydrogen-bond acceptors (Lipinski definition) is 7. The first-order chi connectivity index (χ1) is 17.8. The minimum absolute atomic E-state index is 0.228. The SMILES string of the molecule is CCc1cc(-c2nc(C(F)(F)F)cn2C)ccc1COc1ccnc(-c2c(OC)ncnc2C2CC2)n1. The maximum Gasteiger partial charge on any atom is 0.434 e. The maximum absolute atomic E-state index is 13.1. The summed E-state index contributed by atoms with van der Waals surface area (Å²) in [6, 6.07) is 7.11. The molecule has 0 spiro atoms. The van der Waals surface area contributed by atoms with Crippen molar-refractivity contribution in [3.63, 3.8) is 0 Å². The van der Waals surface area contributed by atoms with Gasteiger partial charge in [-0.1, -0.05) is 19.1 Å². The lowest BCUT2D eigenvalue weighted by molar-refractivity contribution is -0.140. The van der Waals surface area contributed by atoms with Crippen molar-refractivity contribution in [3.8, 4) is 34.5 Å². The number of rotatable bonds is 8. The molecule has 11 heteroatoms. The van der Waals surface area contributed by atoms with E-state index in [-0.39, 0.29) is 12.4 Å². The molecule has 1 fully saturated rings. The molecule has 0 amide bonds. The predicted octanol–water partition coefficient (Wildman–Crippen LogP) is 5.38. The highest BCUT2D eigenvalue weighted by molar-refractivity contribution is 5.66. The second kappa shape index (κ2) is 9.79. The van der Waals surface area contributed by atoms with Crippen LogP contribution in [0.4, 0.5) is 13.2 Å². The Morgan fingerprint density at radius 3 is 2.54 bits per heavy atom. The van der Waals surface area contributed by atoms with Gasteiger partial charge in [-0.15, -0.1) is 0 Å². The average molecular weight is 511 g/mol. The van der Waals surface area contributed by atoms with Gasteiger partial charge >= 0.3 is 6.18 Å². The molecule has 0 aliphatic heterocycles. The summed E-state index contributed by atoms with van der Waals surface area (Å²) in [6.45, 7) is 2.21. The summed E-state index contributed by atoms with van der Waals surface area (Å²) in [5.41, 5.74) is 3.07. The zero-order chi connectivity index (χ0) is 26.2.